The molecule has 1 N–H and O–H groups in total. The number of benzene rings is 3. The van der Waals surface area contributed by atoms with Crippen LogP contribution < -0.4 is 19.1 Å². The molecule has 0 aliphatic heterocycles. The zero-order chi connectivity index (χ0) is 22.3. The first-order valence-corrected chi connectivity index (χ1v) is 11.1. The Kier molecular flexibility index (Phi) is 7.15. The second kappa shape index (κ2) is 9.99. The third-order valence-corrected chi connectivity index (χ3v) is 6.37. The monoisotopic (exact) mass is 440 g/mol. The van der Waals surface area contributed by atoms with Crippen molar-refractivity contribution in [3.8, 4) is 11.5 Å². The van der Waals surface area contributed by atoms with Crippen molar-refractivity contribution in [1.82, 2.24) is 5.32 Å². The molecule has 0 radical (unpaired) electrons. The van der Waals surface area contributed by atoms with Crippen LogP contribution in [0, 0.1) is 0 Å². The molecule has 0 aromatic heterocycles. The lowest BCUT2D eigenvalue weighted by Gasteiger charge is -2.22. The maximum Gasteiger partial charge on any atom is 0.264 e. The van der Waals surface area contributed by atoms with Gasteiger partial charge in [-0.3, -0.25) is 9.10 Å². The standard InChI is InChI=1S/C23H24N2O5S/c1-25(31(27,28)20-11-4-3-5-12-20)22-14-7-6-13-21(22)23(26)24-15-16-30-19-10-8-9-18(17-19)29-2/h3-14,17H,15-16H2,1-2H3,(H,24,26). The highest BCUT2D eigenvalue weighted by molar-refractivity contribution is 7.92. The third kappa shape index (κ3) is 5.35. The van der Waals surface area contributed by atoms with Crippen molar-refractivity contribution < 1.29 is 22.7 Å². The van der Waals surface area contributed by atoms with Gasteiger partial charge in [-0.2, -0.15) is 0 Å². The Hall–Kier alpha value is -3.52. The van der Waals surface area contributed by atoms with E-state index in [1.54, 1.807) is 61.7 Å². The second-order valence-electron chi connectivity index (χ2n) is 6.59. The van der Waals surface area contributed by atoms with Gasteiger partial charge in [0.1, 0.15) is 18.1 Å². The Labute approximate surface area is 182 Å². The maximum absolute atomic E-state index is 12.9. The van der Waals surface area contributed by atoms with E-state index in [2.05, 4.69) is 5.32 Å². The summed E-state index contributed by atoms with van der Waals surface area (Å²) in [4.78, 5) is 12.9. The van der Waals surface area contributed by atoms with Crippen molar-refractivity contribution >= 4 is 21.6 Å². The number of ether oxygens (including phenoxy) is 2. The highest BCUT2D eigenvalue weighted by Crippen LogP contribution is 2.25. The van der Waals surface area contributed by atoms with Gasteiger partial charge in [-0.1, -0.05) is 36.4 Å². The van der Waals surface area contributed by atoms with Crippen LogP contribution in [0.1, 0.15) is 10.4 Å². The fourth-order valence-electron chi connectivity index (χ4n) is 2.94. The molecule has 0 unspecified atom stereocenters. The van der Waals surface area contributed by atoms with Gasteiger partial charge in [0.05, 0.1) is 29.8 Å². The molecule has 8 heteroatoms. The van der Waals surface area contributed by atoms with Gasteiger partial charge in [-0.05, 0) is 36.4 Å². The number of sulfonamides is 1. The number of para-hydroxylation sites is 1. The van der Waals surface area contributed by atoms with E-state index in [9.17, 15) is 13.2 Å². The summed E-state index contributed by atoms with van der Waals surface area (Å²) < 4.78 is 37.8. The number of rotatable bonds is 9. The van der Waals surface area contributed by atoms with E-state index < -0.39 is 10.0 Å². The molecule has 162 valence electrons. The molecule has 3 rings (SSSR count). The number of nitrogens with one attached hydrogen (secondary N) is 1. The molecule has 0 aliphatic carbocycles. The minimum atomic E-state index is -3.80. The van der Waals surface area contributed by atoms with Crippen LogP contribution in [0.4, 0.5) is 5.69 Å². The van der Waals surface area contributed by atoms with E-state index in [4.69, 9.17) is 9.47 Å². The zero-order valence-corrected chi connectivity index (χ0v) is 18.1. The van der Waals surface area contributed by atoms with E-state index in [0.717, 1.165) is 4.31 Å². The summed E-state index contributed by atoms with van der Waals surface area (Å²) in [5.74, 6) is 0.917. The minimum absolute atomic E-state index is 0.152. The molecule has 0 heterocycles. The number of hydrogen-bond donors (Lipinski definition) is 1. The van der Waals surface area contributed by atoms with Crippen molar-refractivity contribution in [2.75, 3.05) is 31.6 Å². The zero-order valence-electron chi connectivity index (χ0n) is 17.3. The first-order valence-electron chi connectivity index (χ1n) is 9.61. The SMILES string of the molecule is COc1cccc(OCCNC(=O)c2ccccc2N(C)S(=O)(=O)c2ccccc2)c1. The van der Waals surface area contributed by atoms with Crippen molar-refractivity contribution in [2.45, 2.75) is 4.90 Å². The molecule has 0 saturated carbocycles. The lowest BCUT2D eigenvalue weighted by molar-refractivity contribution is 0.0947. The van der Waals surface area contributed by atoms with E-state index in [1.165, 1.54) is 19.2 Å². The molecule has 0 spiro atoms. The Balaban J connectivity index is 1.67. The Bertz CT molecular complexity index is 1130. The van der Waals surface area contributed by atoms with E-state index >= 15 is 0 Å². The lowest BCUT2D eigenvalue weighted by atomic mass is 10.1. The molecule has 0 bridgehead atoms. The van der Waals surface area contributed by atoms with Gasteiger partial charge in [-0.25, -0.2) is 8.42 Å². The van der Waals surface area contributed by atoms with Crippen LogP contribution in [0.15, 0.2) is 83.8 Å². The van der Waals surface area contributed by atoms with Gasteiger partial charge in [0.25, 0.3) is 15.9 Å². The number of carbonyl (C=O) groups excluding carboxylic acids is 1. The topological polar surface area (TPSA) is 84.9 Å². The normalized spacial score (nSPS) is 10.9. The van der Waals surface area contributed by atoms with Crippen LogP contribution in [-0.2, 0) is 10.0 Å². The van der Waals surface area contributed by atoms with Crippen molar-refractivity contribution in [3.63, 3.8) is 0 Å². The summed E-state index contributed by atoms with van der Waals surface area (Å²) in [7, 11) is -0.793. The summed E-state index contributed by atoms with van der Waals surface area (Å²) in [6.45, 7) is 0.499. The number of hydrogen-bond acceptors (Lipinski definition) is 5. The Morgan fingerprint density at radius 2 is 1.61 bits per heavy atom. The summed E-state index contributed by atoms with van der Waals surface area (Å²) in [5.41, 5.74) is 0.545. The van der Waals surface area contributed by atoms with Gasteiger partial charge >= 0.3 is 0 Å². The molecule has 0 fully saturated rings. The Morgan fingerprint density at radius 3 is 2.35 bits per heavy atom. The van der Waals surface area contributed by atoms with Gasteiger partial charge in [0, 0.05) is 13.1 Å². The summed E-state index contributed by atoms with van der Waals surface area (Å²) >= 11 is 0. The molecular formula is C23H24N2O5S. The number of nitrogens with zero attached hydrogens (tertiary/aromatic N) is 1. The van der Waals surface area contributed by atoms with Crippen molar-refractivity contribution in [1.29, 1.82) is 0 Å². The molecule has 7 nitrogen and oxygen atoms in total. The number of methoxy groups -OCH3 is 1. The highest BCUT2D eigenvalue weighted by atomic mass is 32.2. The fourth-order valence-corrected chi connectivity index (χ4v) is 4.18. The Morgan fingerprint density at radius 1 is 0.935 bits per heavy atom. The summed E-state index contributed by atoms with van der Waals surface area (Å²) in [6.07, 6.45) is 0. The van der Waals surface area contributed by atoms with Crippen LogP contribution in [0.25, 0.3) is 0 Å². The number of amides is 1. The van der Waals surface area contributed by atoms with Gasteiger partial charge in [0.15, 0.2) is 0 Å². The highest BCUT2D eigenvalue weighted by Gasteiger charge is 2.24. The molecule has 0 saturated heterocycles. The lowest BCUT2D eigenvalue weighted by Crippen LogP contribution is -2.32. The third-order valence-electron chi connectivity index (χ3n) is 4.59. The molecule has 0 aliphatic rings. The smallest absolute Gasteiger partial charge is 0.264 e. The second-order valence-corrected chi connectivity index (χ2v) is 8.56. The average molecular weight is 441 g/mol. The molecular weight excluding hydrogens is 416 g/mol. The van der Waals surface area contributed by atoms with Crippen LogP contribution in [0.5, 0.6) is 11.5 Å². The minimum Gasteiger partial charge on any atom is -0.497 e. The quantitative estimate of drug-likeness (QED) is 0.516. The number of anilines is 1. The van der Waals surface area contributed by atoms with Gasteiger partial charge < -0.3 is 14.8 Å². The molecule has 3 aromatic carbocycles. The molecule has 0 atom stereocenters. The van der Waals surface area contributed by atoms with E-state index in [-0.39, 0.29) is 35.2 Å². The number of carbonyl (C=O) groups is 1. The van der Waals surface area contributed by atoms with Crippen LogP contribution in [0.2, 0.25) is 0 Å². The van der Waals surface area contributed by atoms with Crippen LogP contribution in [0.3, 0.4) is 0 Å². The largest absolute Gasteiger partial charge is 0.497 e. The van der Waals surface area contributed by atoms with Gasteiger partial charge in [0.2, 0.25) is 0 Å². The van der Waals surface area contributed by atoms with Gasteiger partial charge in [-0.15, -0.1) is 0 Å². The molecule has 31 heavy (non-hydrogen) atoms. The summed E-state index contributed by atoms with van der Waals surface area (Å²) in [5, 5.41) is 2.77. The average Bonchev–Trinajstić information content (AvgIpc) is 2.82. The predicted octanol–water partition coefficient (Wildman–Crippen LogP) is 3.33. The maximum atomic E-state index is 12.9. The van der Waals surface area contributed by atoms with E-state index in [1.807, 2.05) is 12.1 Å². The fraction of sp³-hybridized carbons (Fsp3) is 0.174. The molecule has 3 aromatic rings. The van der Waals surface area contributed by atoms with E-state index in [0.29, 0.717) is 11.5 Å². The van der Waals surface area contributed by atoms with Crippen molar-refractivity contribution in [2.24, 2.45) is 0 Å². The van der Waals surface area contributed by atoms with Crippen molar-refractivity contribution in [3.05, 3.63) is 84.4 Å². The summed E-state index contributed by atoms with van der Waals surface area (Å²) in [6, 6.07) is 21.8. The van der Waals surface area contributed by atoms with Crippen LogP contribution >= 0.6 is 0 Å². The van der Waals surface area contributed by atoms with Crippen LogP contribution in [-0.4, -0.2) is 41.6 Å². The predicted molar refractivity (Wildman–Crippen MR) is 119 cm³/mol. The first kappa shape index (κ1) is 22.2. The first-order chi connectivity index (χ1) is 14.9. The molecule has 1 amide bonds.